The van der Waals surface area contributed by atoms with Gasteiger partial charge in [0.2, 0.25) is 0 Å². The number of anilines is 2. The average molecular weight is 273 g/mol. The van der Waals surface area contributed by atoms with Crippen molar-refractivity contribution in [2.24, 2.45) is 0 Å². The van der Waals surface area contributed by atoms with Crippen molar-refractivity contribution in [3.63, 3.8) is 0 Å². The molecule has 0 saturated carbocycles. The second kappa shape index (κ2) is 4.76. The summed E-state index contributed by atoms with van der Waals surface area (Å²) in [6, 6.07) is 0. The number of nitrogens with zero attached hydrogens (tertiary/aromatic N) is 3. The van der Waals surface area contributed by atoms with Gasteiger partial charge in [0, 0.05) is 19.7 Å². The number of hydrogen-bond acceptors (Lipinski definition) is 5. The van der Waals surface area contributed by atoms with Crippen LogP contribution in [0.2, 0.25) is 0 Å². The van der Waals surface area contributed by atoms with Crippen molar-refractivity contribution < 1.29 is 4.74 Å². The molecule has 0 radical (unpaired) electrons. The van der Waals surface area contributed by atoms with E-state index in [1.807, 2.05) is 0 Å². The summed E-state index contributed by atoms with van der Waals surface area (Å²) in [5.41, 5.74) is 5.71. The molecule has 1 fully saturated rings. The van der Waals surface area contributed by atoms with Gasteiger partial charge < -0.3 is 15.4 Å². The van der Waals surface area contributed by atoms with Crippen molar-refractivity contribution in [3.8, 4) is 0 Å². The molecular formula is C9H13BrN4O. The van der Waals surface area contributed by atoms with Crippen LogP contribution in [0.25, 0.3) is 0 Å². The Balaban J connectivity index is 2.23. The first kappa shape index (κ1) is 10.6. The molecule has 0 aliphatic carbocycles. The molecule has 82 valence electrons. The van der Waals surface area contributed by atoms with Gasteiger partial charge in [0.25, 0.3) is 0 Å². The molecule has 0 unspecified atom stereocenters. The van der Waals surface area contributed by atoms with E-state index in [0.29, 0.717) is 5.82 Å². The Morgan fingerprint density at radius 2 is 2.20 bits per heavy atom. The SMILES string of the molecule is Nc1ncnc(N2CCCOCC2)c1Br. The summed E-state index contributed by atoms with van der Waals surface area (Å²) < 4.78 is 6.15. The first-order valence-corrected chi connectivity index (χ1v) is 5.67. The first-order chi connectivity index (χ1) is 7.29. The monoisotopic (exact) mass is 272 g/mol. The van der Waals surface area contributed by atoms with Crippen molar-refractivity contribution in [1.82, 2.24) is 9.97 Å². The summed E-state index contributed by atoms with van der Waals surface area (Å²) in [5.74, 6) is 1.33. The fraction of sp³-hybridized carbons (Fsp3) is 0.556. The van der Waals surface area contributed by atoms with Gasteiger partial charge in [-0.2, -0.15) is 0 Å². The van der Waals surface area contributed by atoms with Crippen molar-refractivity contribution in [2.75, 3.05) is 36.9 Å². The standard InChI is InChI=1S/C9H13BrN4O/c10-7-8(11)12-6-13-9(7)14-2-1-4-15-5-3-14/h6H,1-5H2,(H2,11,12,13). The van der Waals surface area contributed by atoms with Crippen LogP contribution in [-0.2, 0) is 4.74 Å². The van der Waals surface area contributed by atoms with Gasteiger partial charge in [-0.05, 0) is 22.4 Å². The smallest absolute Gasteiger partial charge is 0.148 e. The molecule has 0 amide bonds. The fourth-order valence-electron chi connectivity index (χ4n) is 1.55. The van der Waals surface area contributed by atoms with E-state index in [2.05, 4.69) is 30.8 Å². The zero-order valence-corrected chi connectivity index (χ0v) is 9.90. The predicted molar refractivity (Wildman–Crippen MR) is 61.8 cm³/mol. The van der Waals surface area contributed by atoms with E-state index in [1.54, 1.807) is 0 Å². The quantitative estimate of drug-likeness (QED) is 0.828. The number of aromatic nitrogens is 2. The van der Waals surface area contributed by atoms with Crippen LogP contribution in [-0.4, -0.2) is 36.3 Å². The van der Waals surface area contributed by atoms with Gasteiger partial charge in [-0.25, -0.2) is 9.97 Å². The third kappa shape index (κ3) is 2.38. The number of hydrogen-bond donors (Lipinski definition) is 1. The summed E-state index contributed by atoms with van der Waals surface area (Å²) in [7, 11) is 0. The number of nitrogens with two attached hydrogens (primary N) is 1. The summed E-state index contributed by atoms with van der Waals surface area (Å²) in [6.45, 7) is 3.33. The molecule has 0 atom stereocenters. The highest BCUT2D eigenvalue weighted by Gasteiger charge is 2.15. The van der Waals surface area contributed by atoms with Crippen LogP contribution < -0.4 is 10.6 Å². The predicted octanol–water partition coefficient (Wildman–Crippen LogP) is 1.05. The van der Waals surface area contributed by atoms with Gasteiger partial charge in [-0.15, -0.1) is 0 Å². The Kier molecular flexibility index (Phi) is 3.37. The Bertz CT molecular complexity index is 339. The lowest BCUT2D eigenvalue weighted by atomic mass is 10.4. The summed E-state index contributed by atoms with van der Waals surface area (Å²) in [5, 5.41) is 0. The average Bonchev–Trinajstić information content (AvgIpc) is 2.50. The molecule has 0 aromatic carbocycles. The molecule has 2 rings (SSSR count). The molecule has 2 heterocycles. The molecule has 1 aromatic heterocycles. The van der Waals surface area contributed by atoms with Gasteiger partial charge in [-0.1, -0.05) is 0 Å². The van der Waals surface area contributed by atoms with Gasteiger partial charge >= 0.3 is 0 Å². The molecular weight excluding hydrogens is 260 g/mol. The summed E-state index contributed by atoms with van der Waals surface area (Å²) in [4.78, 5) is 10.3. The number of nitrogen functional groups attached to an aromatic ring is 1. The lowest BCUT2D eigenvalue weighted by Crippen LogP contribution is -2.27. The van der Waals surface area contributed by atoms with Gasteiger partial charge in [0.15, 0.2) is 0 Å². The molecule has 1 aliphatic heterocycles. The maximum atomic E-state index is 5.71. The number of rotatable bonds is 1. The largest absolute Gasteiger partial charge is 0.383 e. The lowest BCUT2D eigenvalue weighted by Gasteiger charge is -2.21. The van der Waals surface area contributed by atoms with Gasteiger partial charge in [-0.3, -0.25) is 0 Å². The first-order valence-electron chi connectivity index (χ1n) is 4.87. The van der Waals surface area contributed by atoms with Crippen molar-refractivity contribution in [3.05, 3.63) is 10.8 Å². The molecule has 5 nitrogen and oxygen atoms in total. The third-order valence-electron chi connectivity index (χ3n) is 2.32. The Morgan fingerprint density at radius 3 is 3.07 bits per heavy atom. The highest BCUT2D eigenvalue weighted by Crippen LogP contribution is 2.27. The highest BCUT2D eigenvalue weighted by atomic mass is 79.9. The van der Waals surface area contributed by atoms with Crippen LogP contribution in [0.5, 0.6) is 0 Å². The van der Waals surface area contributed by atoms with Crippen molar-refractivity contribution in [1.29, 1.82) is 0 Å². The third-order valence-corrected chi connectivity index (χ3v) is 3.08. The van der Waals surface area contributed by atoms with Crippen LogP contribution >= 0.6 is 15.9 Å². The van der Waals surface area contributed by atoms with Crippen LogP contribution in [0, 0.1) is 0 Å². The molecule has 15 heavy (non-hydrogen) atoms. The van der Waals surface area contributed by atoms with Crippen molar-refractivity contribution in [2.45, 2.75) is 6.42 Å². The fourth-order valence-corrected chi connectivity index (χ4v) is 2.01. The minimum atomic E-state index is 0.477. The zero-order chi connectivity index (χ0) is 10.7. The van der Waals surface area contributed by atoms with E-state index in [-0.39, 0.29) is 0 Å². The van der Waals surface area contributed by atoms with Crippen LogP contribution in [0.15, 0.2) is 10.8 Å². The molecule has 0 bridgehead atoms. The minimum Gasteiger partial charge on any atom is -0.383 e. The lowest BCUT2D eigenvalue weighted by molar-refractivity contribution is 0.152. The molecule has 1 aromatic rings. The van der Waals surface area contributed by atoms with Crippen LogP contribution in [0.1, 0.15) is 6.42 Å². The van der Waals surface area contributed by atoms with E-state index in [9.17, 15) is 0 Å². The van der Waals surface area contributed by atoms with E-state index in [1.165, 1.54) is 6.33 Å². The Labute approximate surface area is 96.8 Å². The van der Waals surface area contributed by atoms with Crippen molar-refractivity contribution >= 4 is 27.6 Å². The van der Waals surface area contributed by atoms with E-state index >= 15 is 0 Å². The molecule has 1 saturated heterocycles. The minimum absolute atomic E-state index is 0.477. The summed E-state index contributed by atoms with van der Waals surface area (Å²) in [6.07, 6.45) is 2.50. The van der Waals surface area contributed by atoms with E-state index in [4.69, 9.17) is 10.5 Å². The van der Waals surface area contributed by atoms with E-state index in [0.717, 1.165) is 43.0 Å². The number of ether oxygens (including phenoxy) is 1. The molecule has 0 spiro atoms. The van der Waals surface area contributed by atoms with Crippen LogP contribution in [0.4, 0.5) is 11.6 Å². The Morgan fingerprint density at radius 1 is 1.33 bits per heavy atom. The van der Waals surface area contributed by atoms with Gasteiger partial charge in [0.1, 0.15) is 22.4 Å². The summed E-state index contributed by atoms with van der Waals surface area (Å²) >= 11 is 3.41. The number of halogens is 1. The molecule has 2 N–H and O–H groups in total. The highest BCUT2D eigenvalue weighted by molar-refractivity contribution is 9.10. The Hall–Kier alpha value is -0.880. The van der Waals surface area contributed by atoms with Gasteiger partial charge in [0.05, 0.1) is 6.61 Å². The normalized spacial score (nSPS) is 17.5. The molecule has 6 heteroatoms. The zero-order valence-electron chi connectivity index (χ0n) is 8.32. The molecule has 1 aliphatic rings. The maximum Gasteiger partial charge on any atom is 0.148 e. The van der Waals surface area contributed by atoms with E-state index < -0.39 is 0 Å². The maximum absolute atomic E-state index is 5.71. The van der Waals surface area contributed by atoms with Crippen LogP contribution in [0.3, 0.4) is 0 Å². The second-order valence-corrected chi connectivity index (χ2v) is 4.14. The topological polar surface area (TPSA) is 64.3 Å². The second-order valence-electron chi connectivity index (χ2n) is 3.35.